The lowest BCUT2D eigenvalue weighted by molar-refractivity contribution is 0.139. The molecule has 6 nitrogen and oxygen atoms in total. The smallest absolute Gasteiger partial charge is 0.191 e. The summed E-state index contributed by atoms with van der Waals surface area (Å²) in [5.74, 6) is 0.922. The highest BCUT2D eigenvalue weighted by molar-refractivity contribution is 14.0. The van der Waals surface area contributed by atoms with E-state index in [-0.39, 0.29) is 24.0 Å². The van der Waals surface area contributed by atoms with Crippen molar-refractivity contribution in [3.8, 4) is 0 Å². The Morgan fingerprint density at radius 2 is 1.74 bits per heavy atom. The quantitative estimate of drug-likeness (QED) is 0.231. The zero-order chi connectivity index (χ0) is 16.0. The van der Waals surface area contributed by atoms with E-state index in [0.717, 1.165) is 51.8 Å². The molecule has 138 valence electrons. The van der Waals surface area contributed by atoms with E-state index in [1.165, 1.54) is 32.7 Å². The molecule has 1 saturated heterocycles. The molecule has 1 aliphatic heterocycles. The van der Waals surface area contributed by atoms with E-state index in [0.29, 0.717) is 0 Å². The number of likely N-dealkylation sites (N-methyl/N-ethyl adjacent to an activating group) is 1. The van der Waals surface area contributed by atoms with Crippen LogP contribution in [-0.4, -0.2) is 87.9 Å². The van der Waals surface area contributed by atoms with Crippen LogP contribution in [0.4, 0.5) is 0 Å². The fraction of sp³-hybridized carbons (Fsp3) is 0.938. The van der Waals surface area contributed by atoms with Gasteiger partial charge in [0.15, 0.2) is 5.96 Å². The van der Waals surface area contributed by atoms with Crippen molar-refractivity contribution in [2.24, 2.45) is 4.99 Å². The Bertz CT molecular complexity index is 296. The van der Waals surface area contributed by atoms with Crippen LogP contribution in [0.2, 0.25) is 0 Å². The number of hydrogen-bond donors (Lipinski definition) is 2. The van der Waals surface area contributed by atoms with Gasteiger partial charge in [0, 0.05) is 65.6 Å². The van der Waals surface area contributed by atoms with Gasteiger partial charge in [0.1, 0.15) is 0 Å². The zero-order valence-corrected chi connectivity index (χ0v) is 17.5. The summed E-state index contributed by atoms with van der Waals surface area (Å²) in [5.41, 5.74) is 0. The van der Waals surface area contributed by atoms with Crippen molar-refractivity contribution in [2.75, 3.05) is 72.1 Å². The molecule has 0 saturated carbocycles. The minimum Gasteiger partial charge on any atom is -0.382 e. The molecule has 0 aromatic heterocycles. The van der Waals surface area contributed by atoms with Crippen molar-refractivity contribution in [3.63, 3.8) is 0 Å². The SMILES string of the molecule is CCNC(=NCCCOCC)NCCN1CCN(CC)CC1.I. The Hall–Kier alpha value is -0.120. The molecule has 1 aliphatic rings. The minimum atomic E-state index is 0. The van der Waals surface area contributed by atoms with Crippen molar-refractivity contribution >= 4 is 29.9 Å². The summed E-state index contributed by atoms with van der Waals surface area (Å²) >= 11 is 0. The molecular formula is C16H36IN5O. The third kappa shape index (κ3) is 11.1. The Morgan fingerprint density at radius 3 is 2.35 bits per heavy atom. The summed E-state index contributed by atoms with van der Waals surface area (Å²) in [6, 6.07) is 0. The van der Waals surface area contributed by atoms with Crippen LogP contribution in [0, 0.1) is 0 Å². The van der Waals surface area contributed by atoms with Crippen molar-refractivity contribution in [1.82, 2.24) is 20.4 Å². The van der Waals surface area contributed by atoms with Crippen molar-refractivity contribution in [2.45, 2.75) is 27.2 Å². The van der Waals surface area contributed by atoms with E-state index in [9.17, 15) is 0 Å². The first kappa shape index (κ1) is 22.9. The van der Waals surface area contributed by atoms with E-state index in [4.69, 9.17) is 4.74 Å². The summed E-state index contributed by atoms with van der Waals surface area (Å²) < 4.78 is 5.33. The lowest BCUT2D eigenvalue weighted by Crippen LogP contribution is -2.49. The Balaban J connectivity index is 0.00000484. The number of ether oxygens (including phenoxy) is 1. The molecule has 7 heteroatoms. The van der Waals surface area contributed by atoms with E-state index in [1.54, 1.807) is 0 Å². The molecule has 23 heavy (non-hydrogen) atoms. The van der Waals surface area contributed by atoms with Crippen LogP contribution in [0.25, 0.3) is 0 Å². The second-order valence-corrected chi connectivity index (χ2v) is 5.51. The van der Waals surface area contributed by atoms with Gasteiger partial charge in [-0.15, -0.1) is 24.0 Å². The number of nitrogens with one attached hydrogen (secondary N) is 2. The van der Waals surface area contributed by atoms with E-state index >= 15 is 0 Å². The highest BCUT2D eigenvalue weighted by Crippen LogP contribution is 1.99. The highest BCUT2D eigenvalue weighted by atomic mass is 127. The number of nitrogens with zero attached hydrogens (tertiary/aromatic N) is 3. The second-order valence-electron chi connectivity index (χ2n) is 5.51. The van der Waals surface area contributed by atoms with Crippen molar-refractivity contribution < 1.29 is 4.74 Å². The van der Waals surface area contributed by atoms with E-state index in [1.807, 2.05) is 6.92 Å². The van der Waals surface area contributed by atoms with Crippen LogP contribution in [0.3, 0.4) is 0 Å². The van der Waals surface area contributed by atoms with E-state index in [2.05, 4.69) is 39.3 Å². The number of aliphatic imine (C=N–C) groups is 1. The van der Waals surface area contributed by atoms with Gasteiger partial charge in [0.25, 0.3) is 0 Å². The fourth-order valence-corrected chi connectivity index (χ4v) is 2.51. The van der Waals surface area contributed by atoms with Crippen molar-refractivity contribution in [3.05, 3.63) is 0 Å². The maximum absolute atomic E-state index is 5.33. The Morgan fingerprint density at radius 1 is 1.04 bits per heavy atom. The third-order valence-electron chi connectivity index (χ3n) is 3.90. The van der Waals surface area contributed by atoms with Gasteiger partial charge in [-0.1, -0.05) is 6.92 Å². The van der Waals surface area contributed by atoms with Gasteiger partial charge in [-0.2, -0.15) is 0 Å². The van der Waals surface area contributed by atoms with Gasteiger partial charge >= 0.3 is 0 Å². The summed E-state index contributed by atoms with van der Waals surface area (Å²) in [5, 5.41) is 6.73. The maximum atomic E-state index is 5.33. The number of rotatable bonds is 10. The molecule has 0 aliphatic carbocycles. The van der Waals surface area contributed by atoms with Gasteiger partial charge in [-0.05, 0) is 26.8 Å². The van der Waals surface area contributed by atoms with Gasteiger partial charge < -0.3 is 20.3 Å². The number of halogens is 1. The van der Waals surface area contributed by atoms with Crippen LogP contribution >= 0.6 is 24.0 Å². The monoisotopic (exact) mass is 441 g/mol. The molecule has 0 aromatic rings. The Kier molecular flexibility index (Phi) is 15.3. The number of hydrogen-bond acceptors (Lipinski definition) is 4. The van der Waals surface area contributed by atoms with Crippen LogP contribution < -0.4 is 10.6 Å². The molecule has 0 amide bonds. The van der Waals surface area contributed by atoms with Crippen LogP contribution in [0.15, 0.2) is 4.99 Å². The molecule has 0 unspecified atom stereocenters. The minimum absolute atomic E-state index is 0. The zero-order valence-electron chi connectivity index (χ0n) is 15.1. The molecule has 1 heterocycles. The van der Waals surface area contributed by atoms with Crippen LogP contribution in [0.1, 0.15) is 27.2 Å². The molecule has 2 N–H and O–H groups in total. The highest BCUT2D eigenvalue weighted by Gasteiger charge is 2.14. The average molecular weight is 441 g/mol. The third-order valence-corrected chi connectivity index (χ3v) is 3.90. The summed E-state index contributed by atoms with van der Waals surface area (Å²) in [7, 11) is 0. The topological polar surface area (TPSA) is 52.1 Å². The number of piperazine rings is 1. The first-order valence-electron chi connectivity index (χ1n) is 8.84. The largest absolute Gasteiger partial charge is 0.382 e. The Labute approximate surface area is 159 Å². The normalized spacial score (nSPS) is 16.9. The van der Waals surface area contributed by atoms with Gasteiger partial charge in [0.2, 0.25) is 0 Å². The summed E-state index contributed by atoms with van der Waals surface area (Å²) in [4.78, 5) is 9.61. The summed E-state index contributed by atoms with van der Waals surface area (Å²) in [6.45, 7) is 17.6. The van der Waals surface area contributed by atoms with Crippen LogP contribution in [0.5, 0.6) is 0 Å². The molecule has 0 bridgehead atoms. The maximum Gasteiger partial charge on any atom is 0.191 e. The molecule has 0 radical (unpaired) electrons. The van der Waals surface area contributed by atoms with Crippen molar-refractivity contribution in [1.29, 1.82) is 0 Å². The fourth-order valence-electron chi connectivity index (χ4n) is 2.51. The molecule has 0 aromatic carbocycles. The predicted octanol–water partition coefficient (Wildman–Crippen LogP) is 1.22. The first-order chi connectivity index (χ1) is 10.8. The second kappa shape index (κ2) is 15.4. The lowest BCUT2D eigenvalue weighted by Gasteiger charge is -2.34. The predicted molar refractivity (Wildman–Crippen MR) is 109 cm³/mol. The molecular weight excluding hydrogens is 405 g/mol. The molecule has 0 atom stereocenters. The van der Waals surface area contributed by atoms with Gasteiger partial charge in [0.05, 0.1) is 0 Å². The lowest BCUT2D eigenvalue weighted by atomic mass is 10.3. The molecule has 1 fully saturated rings. The van der Waals surface area contributed by atoms with Gasteiger partial charge in [-0.25, -0.2) is 0 Å². The van der Waals surface area contributed by atoms with E-state index < -0.39 is 0 Å². The van der Waals surface area contributed by atoms with Gasteiger partial charge in [-0.3, -0.25) is 9.89 Å². The summed E-state index contributed by atoms with van der Waals surface area (Å²) in [6.07, 6.45) is 0.976. The molecule has 0 spiro atoms. The number of guanidine groups is 1. The first-order valence-corrected chi connectivity index (χ1v) is 8.84. The standard InChI is InChI=1S/C16H35N5O.HI/c1-4-17-16(18-8-7-15-22-6-3)19-9-10-21-13-11-20(5-2)12-14-21;/h4-15H2,1-3H3,(H2,17,18,19);1H. The van der Waals surface area contributed by atoms with Crippen LogP contribution in [-0.2, 0) is 4.74 Å². The average Bonchev–Trinajstić information content (AvgIpc) is 2.55. The molecule has 1 rings (SSSR count).